The molecule has 158 valence electrons. The fourth-order valence-corrected chi connectivity index (χ4v) is 6.25. The molecule has 2 aliphatic rings. The summed E-state index contributed by atoms with van der Waals surface area (Å²) >= 11 is 12.4. The lowest BCUT2D eigenvalue weighted by Gasteiger charge is -2.27. The van der Waals surface area contributed by atoms with Crippen LogP contribution in [0, 0.1) is 4.77 Å². The van der Waals surface area contributed by atoms with Crippen LogP contribution >= 0.6 is 23.8 Å². The summed E-state index contributed by atoms with van der Waals surface area (Å²) < 4.78 is 4.88. The Kier molecular flexibility index (Phi) is 4.51. The number of halogens is 1. The van der Waals surface area contributed by atoms with Crippen molar-refractivity contribution in [1.82, 2.24) is 14.1 Å². The van der Waals surface area contributed by atoms with Gasteiger partial charge in [0.15, 0.2) is 4.77 Å². The quantitative estimate of drug-likeness (QED) is 0.288. The number of benzene rings is 2. The smallest absolute Gasteiger partial charge is 0.214 e. The normalized spacial score (nSPS) is 18.8. The van der Waals surface area contributed by atoms with Crippen LogP contribution in [0.5, 0.6) is 5.88 Å². The summed E-state index contributed by atoms with van der Waals surface area (Å²) in [6.45, 7) is 0. The third-order valence-electron chi connectivity index (χ3n) is 7.02. The maximum absolute atomic E-state index is 11.4. The highest BCUT2D eigenvalue weighted by atomic mass is 35.5. The number of nitrogens with one attached hydrogen (secondary N) is 1. The van der Waals surface area contributed by atoms with Crippen molar-refractivity contribution in [2.24, 2.45) is 0 Å². The van der Waals surface area contributed by atoms with Crippen molar-refractivity contribution < 1.29 is 5.11 Å². The van der Waals surface area contributed by atoms with Crippen LogP contribution in [0.2, 0.25) is 5.02 Å². The molecule has 1 aliphatic carbocycles. The molecular weight excluding hydrogens is 426 g/mol. The number of para-hydroxylation sites is 1. The van der Waals surface area contributed by atoms with Gasteiger partial charge >= 0.3 is 0 Å². The molecule has 1 aliphatic heterocycles. The van der Waals surface area contributed by atoms with Crippen molar-refractivity contribution in [3.05, 3.63) is 80.8 Å². The Labute approximate surface area is 191 Å². The van der Waals surface area contributed by atoms with E-state index in [0.717, 1.165) is 35.3 Å². The number of aromatic nitrogens is 3. The predicted octanol–water partition coefficient (Wildman–Crippen LogP) is 6.91. The SMILES string of the molecule is Oc1c2n(c(=S)n1C1CCCCC1)C(c1cccc(Cl)c1)c1[nH]c3ccccc3c1C2. The summed E-state index contributed by atoms with van der Waals surface area (Å²) in [5, 5.41) is 13.3. The van der Waals surface area contributed by atoms with Gasteiger partial charge in [-0.25, -0.2) is 0 Å². The predicted molar refractivity (Wildman–Crippen MR) is 127 cm³/mol. The van der Waals surface area contributed by atoms with E-state index in [1.807, 2.05) is 28.8 Å². The highest BCUT2D eigenvalue weighted by Gasteiger charge is 2.35. The average molecular weight is 450 g/mol. The maximum Gasteiger partial charge on any atom is 0.214 e. The van der Waals surface area contributed by atoms with Gasteiger partial charge in [-0.05, 0) is 54.4 Å². The van der Waals surface area contributed by atoms with E-state index in [9.17, 15) is 5.11 Å². The molecule has 2 aromatic carbocycles. The Hall–Kier alpha value is -2.50. The zero-order valence-corrected chi connectivity index (χ0v) is 18.7. The Bertz CT molecular complexity index is 1360. The maximum atomic E-state index is 11.4. The number of hydrogen-bond acceptors (Lipinski definition) is 2. The van der Waals surface area contributed by atoms with Gasteiger partial charge in [-0.1, -0.05) is 61.2 Å². The molecule has 0 radical (unpaired) electrons. The van der Waals surface area contributed by atoms with Gasteiger partial charge in [0.1, 0.15) is 6.04 Å². The second-order valence-corrected chi connectivity index (χ2v) is 9.58. The van der Waals surface area contributed by atoms with Crippen LogP contribution in [0.15, 0.2) is 48.5 Å². The van der Waals surface area contributed by atoms with Crippen molar-refractivity contribution in [3.8, 4) is 5.88 Å². The molecule has 1 saturated carbocycles. The molecule has 6 heteroatoms. The number of rotatable bonds is 2. The van der Waals surface area contributed by atoms with E-state index in [2.05, 4.69) is 33.8 Å². The van der Waals surface area contributed by atoms with Gasteiger partial charge in [-0.15, -0.1) is 0 Å². The third-order valence-corrected chi connectivity index (χ3v) is 7.64. The molecule has 0 spiro atoms. The van der Waals surface area contributed by atoms with Crippen molar-refractivity contribution in [2.45, 2.75) is 50.6 Å². The van der Waals surface area contributed by atoms with Crippen LogP contribution in [-0.4, -0.2) is 19.2 Å². The van der Waals surface area contributed by atoms with Gasteiger partial charge in [0, 0.05) is 34.1 Å². The Morgan fingerprint density at radius 1 is 1.00 bits per heavy atom. The third kappa shape index (κ3) is 2.90. The molecule has 3 heterocycles. The number of hydrogen-bond donors (Lipinski definition) is 2. The van der Waals surface area contributed by atoms with Gasteiger partial charge in [-0.2, -0.15) is 0 Å². The van der Waals surface area contributed by atoms with Crippen LogP contribution in [0.1, 0.15) is 66.7 Å². The van der Waals surface area contributed by atoms with E-state index >= 15 is 0 Å². The summed E-state index contributed by atoms with van der Waals surface area (Å²) in [5.74, 6) is 0.333. The summed E-state index contributed by atoms with van der Waals surface area (Å²) in [6, 6.07) is 16.5. The van der Waals surface area contributed by atoms with E-state index in [0.29, 0.717) is 22.1 Å². The number of aromatic amines is 1. The van der Waals surface area contributed by atoms with Gasteiger partial charge in [0.25, 0.3) is 0 Å². The molecular formula is C25H24ClN3OS. The monoisotopic (exact) mass is 449 g/mol. The van der Waals surface area contributed by atoms with E-state index in [1.54, 1.807) is 0 Å². The van der Waals surface area contributed by atoms with Crippen LogP contribution in [0.3, 0.4) is 0 Å². The Morgan fingerprint density at radius 3 is 2.61 bits per heavy atom. The zero-order chi connectivity index (χ0) is 21.1. The van der Waals surface area contributed by atoms with Crippen LogP contribution in [0.25, 0.3) is 10.9 Å². The second kappa shape index (κ2) is 7.28. The van der Waals surface area contributed by atoms with E-state index < -0.39 is 0 Å². The minimum absolute atomic E-state index is 0.145. The van der Waals surface area contributed by atoms with Crippen LogP contribution in [-0.2, 0) is 6.42 Å². The second-order valence-electron chi connectivity index (χ2n) is 8.78. The summed E-state index contributed by atoms with van der Waals surface area (Å²) in [6.07, 6.45) is 6.44. The molecule has 31 heavy (non-hydrogen) atoms. The summed E-state index contributed by atoms with van der Waals surface area (Å²) in [7, 11) is 0. The van der Waals surface area contributed by atoms with E-state index in [4.69, 9.17) is 23.8 Å². The first kappa shape index (κ1) is 19.2. The fraction of sp³-hybridized carbons (Fsp3) is 0.320. The van der Waals surface area contributed by atoms with Crippen LogP contribution < -0.4 is 0 Å². The number of nitrogens with zero attached hydrogens (tertiary/aromatic N) is 2. The molecule has 0 amide bonds. The number of fused-ring (bicyclic) bond motifs is 4. The molecule has 6 rings (SSSR count). The van der Waals surface area contributed by atoms with Crippen molar-refractivity contribution in [3.63, 3.8) is 0 Å². The lowest BCUT2D eigenvalue weighted by Crippen LogP contribution is -2.22. The Balaban J connectivity index is 1.63. The lowest BCUT2D eigenvalue weighted by atomic mass is 9.93. The first-order valence-corrected chi connectivity index (χ1v) is 11.8. The first-order valence-electron chi connectivity index (χ1n) is 11.0. The van der Waals surface area contributed by atoms with Crippen LogP contribution in [0.4, 0.5) is 0 Å². The molecule has 2 N–H and O–H groups in total. The van der Waals surface area contributed by atoms with Gasteiger partial charge in [0.2, 0.25) is 5.88 Å². The molecule has 2 aromatic heterocycles. The van der Waals surface area contributed by atoms with Crippen molar-refractivity contribution >= 4 is 34.7 Å². The summed E-state index contributed by atoms with van der Waals surface area (Å²) in [5.41, 5.74) is 5.44. The molecule has 1 atom stereocenters. The number of H-pyrrole nitrogens is 1. The first-order chi connectivity index (χ1) is 15.1. The van der Waals surface area contributed by atoms with Gasteiger partial charge in [0.05, 0.1) is 5.69 Å². The van der Waals surface area contributed by atoms with Crippen molar-refractivity contribution in [1.29, 1.82) is 0 Å². The molecule has 4 nitrogen and oxygen atoms in total. The lowest BCUT2D eigenvalue weighted by molar-refractivity contribution is 0.309. The molecule has 4 aromatic rings. The zero-order valence-electron chi connectivity index (χ0n) is 17.1. The average Bonchev–Trinajstić information content (AvgIpc) is 3.28. The van der Waals surface area contributed by atoms with E-state index in [-0.39, 0.29) is 12.1 Å². The fourth-order valence-electron chi connectivity index (χ4n) is 5.60. The largest absolute Gasteiger partial charge is 0.493 e. The topological polar surface area (TPSA) is 45.9 Å². The van der Waals surface area contributed by atoms with Gasteiger partial charge in [-0.3, -0.25) is 4.57 Å². The Morgan fingerprint density at radius 2 is 1.81 bits per heavy atom. The number of imidazole rings is 1. The molecule has 0 saturated heterocycles. The highest BCUT2D eigenvalue weighted by molar-refractivity contribution is 7.71. The standard InChI is InChI=1S/C25H24ClN3OS/c26-16-8-6-7-15(13-16)23-22-19(18-11-4-5-12-20(18)27-22)14-21-24(30)28(25(31)29(21)23)17-9-2-1-3-10-17/h4-8,11-13,17,23,27,30H,1-3,9-10,14H2. The number of aromatic hydroxyl groups is 1. The van der Waals surface area contributed by atoms with Gasteiger partial charge < -0.3 is 14.7 Å². The van der Waals surface area contributed by atoms with E-state index in [1.165, 1.54) is 30.2 Å². The molecule has 1 unspecified atom stereocenters. The minimum atomic E-state index is -0.145. The molecule has 1 fully saturated rings. The van der Waals surface area contributed by atoms with Crippen molar-refractivity contribution in [2.75, 3.05) is 0 Å². The highest BCUT2D eigenvalue weighted by Crippen LogP contribution is 2.45. The molecule has 0 bridgehead atoms. The summed E-state index contributed by atoms with van der Waals surface area (Å²) in [4.78, 5) is 3.66. The minimum Gasteiger partial charge on any atom is -0.493 e.